The van der Waals surface area contributed by atoms with Crippen molar-refractivity contribution in [2.45, 2.75) is 6.42 Å². The van der Waals surface area contributed by atoms with Gasteiger partial charge in [0.15, 0.2) is 5.78 Å². The number of rotatable bonds is 0. The first-order valence-corrected chi connectivity index (χ1v) is 5.33. The molecule has 78 valence electrons. The molecule has 0 fully saturated rings. The molecule has 2 unspecified atom stereocenters. The molecule has 0 aromatic heterocycles. The summed E-state index contributed by atoms with van der Waals surface area (Å²) in [6, 6.07) is 0. The lowest BCUT2D eigenvalue weighted by atomic mass is 9.87. The van der Waals surface area contributed by atoms with Crippen LogP contribution in [0.25, 0.3) is 5.53 Å². The summed E-state index contributed by atoms with van der Waals surface area (Å²) in [5.74, 6) is -0.341. The van der Waals surface area contributed by atoms with Crippen LogP contribution >= 0.6 is 0 Å². The first kappa shape index (κ1) is 9.25. The highest BCUT2D eigenvalue weighted by Gasteiger charge is 2.45. The monoisotopic (exact) mass is 210 g/mol. The Morgan fingerprint density at radius 3 is 3.00 bits per heavy atom. The summed E-state index contributed by atoms with van der Waals surface area (Å²) >= 11 is 0. The molecular weight excluding hydrogens is 200 g/mol. The summed E-state index contributed by atoms with van der Waals surface area (Å²) in [6.45, 7) is 0. The lowest BCUT2D eigenvalue weighted by molar-refractivity contribution is -0.121. The molecule has 0 radical (unpaired) electrons. The van der Waals surface area contributed by atoms with E-state index in [9.17, 15) is 4.79 Å². The molecule has 0 aromatic carbocycles. The molecule has 3 aliphatic carbocycles. The highest BCUT2D eigenvalue weighted by Crippen LogP contribution is 2.41. The lowest BCUT2D eigenvalue weighted by Gasteiger charge is -2.10. The van der Waals surface area contributed by atoms with Crippen LogP contribution in [0.2, 0.25) is 0 Å². The van der Waals surface area contributed by atoms with Crippen molar-refractivity contribution < 1.29 is 9.58 Å². The number of carbonyl (C=O) groups excluding carboxylic acids is 1. The van der Waals surface area contributed by atoms with Crippen LogP contribution in [-0.4, -0.2) is 16.3 Å². The minimum atomic E-state index is -0.331. The van der Waals surface area contributed by atoms with Gasteiger partial charge in [-0.15, -0.1) is 0 Å². The number of nitrogens with zero attached hydrogens (tertiary/aromatic N) is 2. The fourth-order valence-electron chi connectivity index (χ4n) is 2.67. The van der Waals surface area contributed by atoms with E-state index < -0.39 is 0 Å². The summed E-state index contributed by atoms with van der Waals surface area (Å²) in [5, 5.41) is 0. The Balaban J connectivity index is 2.20. The van der Waals surface area contributed by atoms with E-state index in [2.05, 4.69) is 4.79 Å². The van der Waals surface area contributed by atoms with Crippen molar-refractivity contribution in [3.63, 3.8) is 0 Å². The van der Waals surface area contributed by atoms with Crippen molar-refractivity contribution in [3.05, 3.63) is 53.1 Å². The fraction of sp³-hybridized carbons (Fsp3) is 0.231. The van der Waals surface area contributed by atoms with Gasteiger partial charge in [-0.25, -0.2) is 0 Å². The standard InChI is InChI=1S/C13H10N2O/c14-15-11-7-3-6-9-8-4-1-2-5-10(8)13(16)12(9)11/h1-5,7,10,12H,6H2. The molecule has 0 saturated carbocycles. The second kappa shape index (κ2) is 3.26. The average Bonchev–Trinajstić information content (AvgIpc) is 2.64. The normalized spacial score (nSPS) is 30.5. The smallest absolute Gasteiger partial charge is 0.306 e. The number of allylic oxidation sites excluding steroid dienone is 8. The highest BCUT2D eigenvalue weighted by atomic mass is 16.1. The van der Waals surface area contributed by atoms with Crippen molar-refractivity contribution in [2.24, 2.45) is 11.8 Å². The third kappa shape index (κ3) is 1.06. The average molecular weight is 210 g/mol. The molecule has 3 rings (SSSR count). The van der Waals surface area contributed by atoms with Crippen LogP contribution in [0.1, 0.15) is 6.42 Å². The van der Waals surface area contributed by atoms with Gasteiger partial charge in [0.2, 0.25) is 0 Å². The molecule has 0 spiro atoms. The topological polar surface area (TPSA) is 53.5 Å². The summed E-state index contributed by atoms with van der Waals surface area (Å²) < 4.78 is 0. The largest absolute Gasteiger partial charge is 0.361 e. The maximum Gasteiger partial charge on any atom is 0.306 e. The molecule has 3 nitrogen and oxygen atoms in total. The van der Waals surface area contributed by atoms with E-state index in [1.807, 2.05) is 30.4 Å². The minimum absolute atomic E-state index is 0.128. The van der Waals surface area contributed by atoms with Crippen molar-refractivity contribution >= 4 is 11.5 Å². The summed E-state index contributed by atoms with van der Waals surface area (Å²) in [7, 11) is 0. The molecule has 16 heavy (non-hydrogen) atoms. The Hall–Kier alpha value is -1.99. The molecule has 3 heteroatoms. The predicted octanol–water partition coefficient (Wildman–Crippen LogP) is 1.85. The third-order valence-corrected chi connectivity index (χ3v) is 3.37. The van der Waals surface area contributed by atoms with Crippen molar-refractivity contribution in [2.75, 3.05) is 0 Å². The number of carbonyl (C=O) groups is 1. The second-order valence-corrected chi connectivity index (χ2v) is 4.17. The van der Waals surface area contributed by atoms with Crippen molar-refractivity contribution in [1.29, 1.82) is 0 Å². The van der Waals surface area contributed by atoms with Crippen molar-refractivity contribution in [1.82, 2.24) is 0 Å². The zero-order valence-electron chi connectivity index (χ0n) is 8.63. The van der Waals surface area contributed by atoms with Gasteiger partial charge in [0.25, 0.3) is 0 Å². The minimum Gasteiger partial charge on any atom is -0.361 e. The van der Waals surface area contributed by atoms with E-state index in [0.29, 0.717) is 5.71 Å². The summed E-state index contributed by atoms with van der Waals surface area (Å²) in [6.07, 6.45) is 12.2. The van der Waals surface area contributed by atoms with Crippen LogP contribution in [0.4, 0.5) is 0 Å². The van der Waals surface area contributed by atoms with Crippen LogP contribution in [-0.2, 0) is 4.79 Å². The molecule has 3 aliphatic rings. The first-order chi connectivity index (χ1) is 7.83. The van der Waals surface area contributed by atoms with Gasteiger partial charge in [0.1, 0.15) is 5.92 Å². The van der Waals surface area contributed by atoms with Crippen LogP contribution in [0.3, 0.4) is 0 Å². The Bertz CT molecular complexity index is 542. The molecule has 0 aliphatic heterocycles. The SMILES string of the molecule is [N-]=[N+]=C1C=CCC2=C3C=CC=CC3C(=O)C12. The first-order valence-electron chi connectivity index (χ1n) is 5.33. The van der Waals surface area contributed by atoms with E-state index in [1.54, 1.807) is 6.08 Å². The van der Waals surface area contributed by atoms with E-state index in [-0.39, 0.29) is 17.6 Å². The quantitative estimate of drug-likeness (QED) is 0.444. The number of hydrogen-bond acceptors (Lipinski definition) is 1. The Morgan fingerprint density at radius 1 is 1.31 bits per heavy atom. The number of fused-ring (bicyclic) bond motifs is 2. The number of ketones is 1. The van der Waals surface area contributed by atoms with Gasteiger partial charge < -0.3 is 5.53 Å². The predicted molar refractivity (Wildman–Crippen MR) is 59.7 cm³/mol. The molecule has 0 N–H and O–H groups in total. The maximum atomic E-state index is 12.2. The Morgan fingerprint density at radius 2 is 2.19 bits per heavy atom. The van der Waals surface area contributed by atoms with Gasteiger partial charge >= 0.3 is 5.71 Å². The molecule has 0 aromatic rings. The number of hydrogen-bond donors (Lipinski definition) is 0. The van der Waals surface area contributed by atoms with Gasteiger partial charge in [0, 0.05) is 6.08 Å². The van der Waals surface area contributed by atoms with E-state index in [4.69, 9.17) is 5.53 Å². The fourth-order valence-corrected chi connectivity index (χ4v) is 2.67. The number of Topliss-reactive ketones (excluding diaryl/α,β-unsaturated/α-hetero) is 1. The van der Waals surface area contributed by atoms with Crippen molar-refractivity contribution in [3.8, 4) is 0 Å². The van der Waals surface area contributed by atoms with Crippen LogP contribution in [0, 0.1) is 11.8 Å². The molecular formula is C13H10N2O. The zero-order chi connectivity index (χ0) is 11.1. The maximum absolute atomic E-state index is 12.2. The molecule has 0 heterocycles. The Labute approximate surface area is 93.1 Å². The van der Waals surface area contributed by atoms with Crippen LogP contribution in [0.5, 0.6) is 0 Å². The summed E-state index contributed by atoms with van der Waals surface area (Å²) in [4.78, 5) is 15.4. The van der Waals surface area contributed by atoms with E-state index >= 15 is 0 Å². The molecule has 2 atom stereocenters. The molecule has 0 amide bonds. The zero-order valence-corrected chi connectivity index (χ0v) is 8.63. The van der Waals surface area contributed by atoms with Crippen LogP contribution < -0.4 is 0 Å². The highest BCUT2D eigenvalue weighted by molar-refractivity contribution is 6.15. The van der Waals surface area contributed by atoms with Gasteiger partial charge in [-0.05, 0) is 17.6 Å². The summed E-state index contributed by atoms with van der Waals surface area (Å²) in [5.41, 5.74) is 11.6. The van der Waals surface area contributed by atoms with E-state index in [1.165, 1.54) is 0 Å². The van der Waals surface area contributed by atoms with Gasteiger partial charge in [0.05, 0.1) is 5.92 Å². The molecule has 0 bridgehead atoms. The Kier molecular flexibility index (Phi) is 1.88. The van der Waals surface area contributed by atoms with Crippen LogP contribution in [0.15, 0.2) is 47.6 Å². The molecule has 0 saturated heterocycles. The van der Waals surface area contributed by atoms with E-state index in [0.717, 1.165) is 17.6 Å². The van der Waals surface area contributed by atoms with Gasteiger partial charge in [-0.3, -0.25) is 4.79 Å². The van der Waals surface area contributed by atoms with Gasteiger partial charge in [-0.1, -0.05) is 30.4 Å². The lowest BCUT2D eigenvalue weighted by Crippen LogP contribution is -2.26. The third-order valence-electron chi connectivity index (χ3n) is 3.37. The second-order valence-electron chi connectivity index (χ2n) is 4.17. The van der Waals surface area contributed by atoms with Gasteiger partial charge in [-0.2, -0.15) is 4.79 Å².